The van der Waals surface area contributed by atoms with Gasteiger partial charge in [-0.3, -0.25) is 9.48 Å². The number of aryl methyl sites for hydroxylation is 1. The highest BCUT2D eigenvalue weighted by Crippen LogP contribution is 2.52. The third-order valence-corrected chi connectivity index (χ3v) is 9.29. The van der Waals surface area contributed by atoms with Crippen LogP contribution < -0.4 is 11.1 Å². The molecule has 3 N–H and O–H groups in total. The fourth-order valence-corrected chi connectivity index (χ4v) is 6.89. The number of hydrogen-bond donors (Lipinski definition) is 2. The lowest BCUT2D eigenvalue weighted by molar-refractivity contribution is 0.102. The Morgan fingerprint density at radius 2 is 1.94 bits per heavy atom. The van der Waals surface area contributed by atoms with Gasteiger partial charge in [0.2, 0.25) is 0 Å². The fraction of sp³-hybridized carbons (Fsp3) is 0.524. The summed E-state index contributed by atoms with van der Waals surface area (Å²) in [4.78, 5) is 13.0. The molecule has 2 fully saturated rings. The number of rotatable bonds is 5. The van der Waals surface area contributed by atoms with Crippen LogP contribution in [0.25, 0.3) is 0 Å². The van der Waals surface area contributed by atoms with Gasteiger partial charge in [-0.05, 0) is 55.7 Å². The van der Waals surface area contributed by atoms with E-state index in [1.165, 1.54) is 22.9 Å². The van der Waals surface area contributed by atoms with E-state index in [-0.39, 0.29) is 27.8 Å². The molecule has 2 aliphatic rings. The second-order valence-corrected chi connectivity index (χ2v) is 11.6. The van der Waals surface area contributed by atoms with Crippen LogP contribution in [0.5, 0.6) is 0 Å². The molecule has 4 rings (SSSR count). The van der Waals surface area contributed by atoms with Gasteiger partial charge in [0, 0.05) is 24.4 Å². The van der Waals surface area contributed by atoms with E-state index in [2.05, 4.69) is 10.4 Å². The summed E-state index contributed by atoms with van der Waals surface area (Å²) in [6, 6.07) is 3.96. The van der Waals surface area contributed by atoms with Gasteiger partial charge in [0.05, 0.1) is 16.0 Å². The number of nitrogens with zero attached hydrogens (tertiary/aromatic N) is 2. The van der Waals surface area contributed by atoms with E-state index >= 15 is 0 Å². The van der Waals surface area contributed by atoms with Crippen LogP contribution >= 0.6 is 11.6 Å². The first-order valence-electron chi connectivity index (χ1n) is 10.4. The molecule has 0 bridgehead atoms. The fourth-order valence-electron chi connectivity index (χ4n) is 5.16. The van der Waals surface area contributed by atoms with E-state index in [0.717, 1.165) is 12.8 Å². The van der Waals surface area contributed by atoms with Crippen LogP contribution in [0.15, 0.2) is 18.2 Å². The zero-order valence-electron chi connectivity index (χ0n) is 17.4. The number of halogens is 2. The Balaban J connectivity index is 1.54. The second kappa shape index (κ2) is 8.09. The van der Waals surface area contributed by atoms with Crippen molar-refractivity contribution in [2.24, 2.45) is 18.9 Å². The molecule has 10 heteroatoms. The van der Waals surface area contributed by atoms with Crippen LogP contribution in [0, 0.1) is 17.7 Å². The number of benzene rings is 1. The number of anilines is 2. The predicted molar refractivity (Wildman–Crippen MR) is 118 cm³/mol. The van der Waals surface area contributed by atoms with Crippen LogP contribution in [0.4, 0.5) is 15.9 Å². The molecular formula is C21H26ClFN4O3S. The number of nitrogens with one attached hydrogen (secondary N) is 1. The summed E-state index contributed by atoms with van der Waals surface area (Å²) in [6.45, 7) is 1.70. The highest BCUT2D eigenvalue weighted by molar-refractivity contribution is 7.92. The molecule has 2 aromatic rings. The Hall–Kier alpha value is -2.13. The summed E-state index contributed by atoms with van der Waals surface area (Å²) in [5, 5.41) is 6.91. The van der Waals surface area contributed by atoms with E-state index in [9.17, 15) is 17.6 Å². The third-order valence-electron chi connectivity index (χ3n) is 6.79. The zero-order chi connectivity index (χ0) is 22.5. The molecule has 1 aromatic heterocycles. The average Bonchev–Trinajstić information content (AvgIpc) is 3.37. The Kier molecular flexibility index (Phi) is 5.76. The summed E-state index contributed by atoms with van der Waals surface area (Å²) in [5.41, 5.74) is 7.47. The summed E-state index contributed by atoms with van der Waals surface area (Å²) >= 11 is 5.81. The van der Waals surface area contributed by atoms with Crippen LogP contribution in [-0.2, 0) is 16.9 Å². The number of carbonyl (C=O) groups is 1. The topological polar surface area (TPSA) is 107 Å². The first kappa shape index (κ1) is 22.1. The monoisotopic (exact) mass is 468 g/mol. The molecule has 0 saturated heterocycles. The van der Waals surface area contributed by atoms with Gasteiger partial charge in [0.15, 0.2) is 9.84 Å². The van der Waals surface area contributed by atoms with Crippen LogP contribution in [0.1, 0.15) is 54.6 Å². The lowest BCUT2D eigenvalue weighted by Crippen LogP contribution is -2.21. The number of sulfone groups is 1. The molecule has 31 heavy (non-hydrogen) atoms. The average molecular weight is 469 g/mol. The molecular weight excluding hydrogens is 443 g/mol. The Morgan fingerprint density at radius 1 is 1.29 bits per heavy atom. The lowest BCUT2D eigenvalue weighted by Gasteiger charge is -2.15. The number of hydrogen-bond acceptors (Lipinski definition) is 5. The number of nitrogens with two attached hydrogens (primary N) is 1. The summed E-state index contributed by atoms with van der Waals surface area (Å²) < 4.78 is 39.5. The molecule has 1 amide bonds. The number of aromatic nitrogens is 2. The van der Waals surface area contributed by atoms with Crippen LogP contribution in [0.2, 0.25) is 5.02 Å². The van der Waals surface area contributed by atoms with Crippen molar-refractivity contribution in [3.63, 3.8) is 0 Å². The minimum absolute atomic E-state index is 0.0429. The van der Waals surface area contributed by atoms with E-state index in [1.54, 1.807) is 14.0 Å². The van der Waals surface area contributed by atoms with Crippen LogP contribution in [-0.4, -0.2) is 35.1 Å². The quantitative estimate of drug-likeness (QED) is 0.694. The number of carbonyl (C=O) groups excluding carboxylic acids is 1. The number of fused-ring (bicyclic) bond motifs is 1. The Morgan fingerprint density at radius 3 is 2.52 bits per heavy atom. The lowest BCUT2D eigenvalue weighted by atomic mass is 9.96. The molecule has 1 aromatic carbocycles. The predicted octanol–water partition coefficient (Wildman–Crippen LogP) is 3.75. The second-order valence-electron chi connectivity index (χ2n) is 8.59. The molecule has 0 spiro atoms. The van der Waals surface area contributed by atoms with E-state index in [4.69, 9.17) is 17.3 Å². The largest absolute Gasteiger partial charge is 0.383 e. The highest BCUT2D eigenvalue weighted by atomic mass is 35.5. The molecule has 2 aliphatic carbocycles. The van der Waals surface area contributed by atoms with Crippen molar-refractivity contribution in [1.29, 1.82) is 0 Å². The molecule has 2 atom stereocenters. The van der Waals surface area contributed by atoms with Gasteiger partial charge < -0.3 is 11.1 Å². The maximum Gasteiger partial charge on any atom is 0.261 e. The number of amides is 1. The van der Waals surface area contributed by atoms with E-state index in [1.807, 2.05) is 0 Å². The highest BCUT2D eigenvalue weighted by Gasteiger charge is 2.47. The Bertz CT molecular complexity index is 1120. The zero-order valence-corrected chi connectivity index (χ0v) is 19.0. The molecule has 0 radical (unpaired) electrons. The standard InChI is InChI=1S/C21H26ClFN4O3S/c1-3-31(29,30)15-8-11-6-13(7-12(11)9-15)19-18(20(24)27(2)26-19)21(28)25-14-4-5-17(23)16(22)10-14/h4-5,10-13,15H,3,6-9,24H2,1-2H3,(H,25,28). The van der Waals surface area contributed by atoms with Crippen molar-refractivity contribution in [2.45, 2.75) is 43.8 Å². The minimum atomic E-state index is -3.03. The summed E-state index contributed by atoms with van der Waals surface area (Å²) in [6.07, 6.45) is 2.93. The van der Waals surface area contributed by atoms with Crippen molar-refractivity contribution < 1.29 is 17.6 Å². The van der Waals surface area contributed by atoms with Crippen molar-refractivity contribution in [3.8, 4) is 0 Å². The van der Waals surface area contributed by atoms with Gasteiger partial charge in [0.25, 0.3) is 5.91 Å². The van der Waals surface area contributed by atoms with Gasteiger partial charge >= 0.3 is 0 Å². The maximum atomic E-state index is 13.4. The number of nitrogen functional groups attached to an aromatic ring is 1. The normalized spacial score (nSPS) is 25.5. The SMILES string of the molecule is CCS(=O)(=O)C1CC2CC(c3nn(C)c(N)c3C(=O)Nc3ccc(F)c(Cl)c3)CC2C1. The minimum Gasteiger partial charge on any atom is -0.383 e. The van der Waals surface area contributed by atoms with Gasteiger partial charge in [-0.15, -0.1) is 0 Å². The summed E-state index contributed by atoms with van der Waals surface area (Å²) in [5.74, 6) is 0.104. The van der Waals surface area contributed by atoms with Gasteiger partial charge in [0.1, 0.15) is 17.2 Å². The van der Waals surface area contributed by atoms with Crippen LogP contribution in [0.3, 0.4) is 0 Å². The maximum absolute atomic E-state index is 13.4. The molecule has 168 valence electrons. The Labute approximate surface area is 186 Å². The van der Waals surface area contributed by atoms with E-state index < -0.39 is 21.6 Å². The first-order chi connectivity index (χ1) is 14.6. The third kappa shape index (κ3) is 4.05. The molecule has 7 nitrogen and oxygen atoms in total. The van der Waals surface area contributed by atoms with Crippen molar-refractivity contribution in [3.05, 3.63) is 40.3 Å². The first-order valence-corrected chi connectivity index (χ1v) is 12.5. The summed E-state index contributed by atoms with van der Waals surface area (Å²) in [7, 11) is -1.34. The van der Waals surface area contributed by atoms with Crippen molar-refractivity contribution >= 4 is 38.9 Å². The van der Waals surface area contributed by atoms with Gasteiger partial charge in [-0.25, -0.2) is 12.8 Å². The smallest absolute Gasteiger partial charge is 0.261 e. The van der Waals surface area contributed by atoms with Crippen molar-refractivity contribution in [1.82, 2.24) is 9.78 Å². The van der Waals surface area contributed by atoms with Gasteiger partial charge in [-0.2, -0.15) is 5.10 Å². The van der Waals surface area contributed by atoms with E-state index in [0.29, 0.717) is 41.6 Å². The molecule has 2 unspecified atom stereocenters. The van der Waals surface area contributed by atoms with Crippen molar-refractivity contribution in [2.75, 3.05) is 16.8 Å². The molecule has 1 heterocycles. The molecule has 2 saturated carbocycles. The molecule has 0 aliphatic heterocycles. The van der Waals surface area contributed by atoms with Gasteiger partial charge in [-0.1, -0.05) is 18.5 Å².